The summed E-state index contributed by atoms with van der Waals surface area (Å²) in [5, 5.41) is 15.6. The Morgan fingerprint density at radius 1 is 1.38 bits per heavy atom. The van der Waals surface area contributed by atoms with Gasteiger partial charge in [-0.05, 0) is 75.7 Å². The molecule has 0 bridgehead atoms. The third-order valence-electron chi connectivity index (χ3n) is 4.55. The van der Waals surface area contributed by atoms with Gasteiger partial charge in [-0.3, -0.25) is 10.1 Å². The van der Waals surface area contributed by atoms with E-state index in [1.165, 1.54) is 0 Å². The molecule has 0 aromatic carbocycles. The van der Waals surface area contributed by atoms with E-state index < -0.39 is 11.7 Å². The van der Waals surface area contributed by atoms with E-state index in [-0.39, 0.29) is 12.6 Å². The van der Waals surface area contributed by atoms with Gasteiger partial charge in [0, 0.05) is 11.1 Å². The largest absolute Gasteiger partial charge is 0.471 e. The molecule has 0 saturated heterocycles. The number of halogens is 1. The fourth-order valence-electron chi connectivity index (χ4n) is 3.25. The summed E-state index contributed by atoms with van der Waals surface area (Å²) in [6.45, 7) is 19.4. The summed E-state index contributed by atoms with van der Waals surface area (Å²) < 4.78 is 13.3. The lowest BCUT2D eigenvalue weighted by Crippen LogP contribution is -2.37. The van der Waals surface area contributed by atoms with Gasteiger partial charge in [0.2, 0.25) is 5.88 Å². The molecular formula is C23H34IN6O3P. The molecule has 0 aliphatic rings. The van der Waals surface area contributed by atoms with Crippen LogP contribution in [0.1, 0.15) is 58.6 Å². The maximum atomic E-state index is 11.9. The lowest BCUT2D eigenvalue weighted by molar-refractivity contribution is 0.0504. The van der Waals surface area contributed by atoms with Crippen molar-refractivity contribution in [2.75, 3.05) is 6.54 Å². The maximum Gasteiger partial charge on any atom is 0.407 e. The van der Waals surface area contributed by atoms with Crippen LogP contribution in [-0.2, 0) is 4.74 Å². The lowest BCUT2D eigenvalue weighted by atomic mass is 10.1. The molecule has 186 valence electrons. The normalized spacial score (nSPS) is 12.4. The number of amides is 1. The van der Waals surface area contributed by atoms with Crippen LogP contribution in [0, 0.1) is 13.8 Å². The Bertz CT molecular complexity index is 1150. The highest BCUT2D eigenvalue weighted by atomic mass is 127. The van der Waals surface area contributed by atoms with Crippen molar-refractivity contribution in [1.82, 2.24) is 30.0 Å². The molecule has 0 spiro atoms. The van der Waals surface area contributed by atoms with Crippen molar-refractivity contribution in [1.29, 1.82) is 0 Å². The van der Waals surface area contributed by atoms with Gasteiger partial charge >= 0.3 is 6.09 Å². The molecule has 3 rings (SSSR count). The molecule has 2 atom stereocenters. The molecule has 3 heterocycles. The van der Waals surface area contributed by atoms with Gasteiger partial charge in [0.15, 0.2) is 0 Å². The molecule has 0 aliphatic carbocycles. The minimum atomic E-state index is -0.557. The van der Waals surface area contributed by atoms with E-state index >= 15 is 0 Å². The number of carbonyl (C=O) groups excluding carboxylic acids is 1. The number of carbonyl (C=O) groups is 1. The second kappa shape index (κ2) is 12.0. The van der Waals surface area contributed by atoms with Gasteiger partial charge in [-0.1, -0.05) is 20.4 Å². The maximum absolute atomic E-state index is 11.9. The fourth-order valence-corrected chi connectivity index (χ4v) is 4.81. The van der Waals surface area contributed by atoms with Crippen LogP contribution >= 0.6 is 28.4 Å². The Labute approximate surface area is 215 Å². The smallest absolute Gasteiger partial charge is 0.407 e. The Hall–Kier alpha value is -2.20. The van der Waals surface area contributed by atoms with Crippen LogP contribution in [0.15, 0.2) is 12.6 Å². The molecule has 11 heteroatoms. The van der Waals surface area contributed by atoms with Gasteiger partial charge in [0.1, 0.15) is 11.7 Å². The molecule has 3 aromatic heterocycles. The third kappa shape index (κ3) is 6.69. The van der Waals surface area contributed by atoms with E-state index in [0.717, 1.165) is 39.2 Å². The van der Waals surface area contributed by atoms with E-state index in [0.29, 0.717) is 12.3 Å². The lowest BCUT2D eigenvalue weighted by Gasteiger charge is -2.21. The molecule has 1 amide bonds. The van der Waals surface area contributed by atoms with Gasteiger partial charge in [-0.2, -0.15) is 5.10 Å². The number of aromatic nitrogens is 5. The van der Waals surface area contributed by atoms with Crippen LogP contribution in [0.25, 0.3) is 28.2 Å². The predicted molar refractivity (Wildman–Crippen MR) is 148 cm³/mol. The summed E-state index contributed by atoms with van der Waals surface area (Å²) in [5.41, 5.74) is 4.47. The van der Waals surface area contributed by atoms with Gasteiger partial charge < -0.3 is 14.8 Å². The SMILES string of the molecule is C=Cc1nn(PI)c2c(C)nc(-c3c(OC(C)CNC(=O)OC(C)(C)C)n[nH]c3C)cc12.CC. The number of nitrogens with one attached hydrogen (secondary N) is 2. The minimum absolute atomic E-state index is 0.274. The van der Waals surface area contributed by atoms with E-state index in [4.69, 9.17) is 14.5 Å². The number of nitrogens with zero attached hydrogens (tertiary/aromatic N) is 4. The highest BCUT2D eigenvalue weighted by Crippen LogP contribution is 2.37. The first kappa shape index (κ1) is 28.0. The zero-order chi connectivity index (χ0) is 25.6. The third-order valence-corrected chi connectivity index (χ3v) is 6.41. The topological polar surface area (TPSA) is 107 Å². The number of aryl methyl sites for hydroxylation is 2. The van der Waals surface area contributed by atoms with Crippen molar-refractivity contribution in [3.8, 4) is 17.1 Å². The minimum Gasteiger partial charge on any atom is -0.471 e. The number of fused-ring (bicyclic) bond motifs is 1. The predicted octanol–water partition coefficient (Wildman–Crippen LogP) is 6.19. The monoisotopic (exact) mass is 600 g/mol. The first-order chi connectivity index (χ1) is 16.0. The fraction of sp³-hybridized carbons (Fsp3) is 0.478. The second-order valence-corrected chi connectivity index (χ2v) is 10.5. The molecule has 0 fully saturated rings. The molecule has 2 unspecified atom stereocenters. The van der Waals surface area contributed by atoms with Crippen molar-refractivity contribution in [3.63, 3.8) is 0 Å². The zero-order valence-corrected chi connectivity index (χ0v) is 24.2. The number of rotatable bonds is 7. The van der Waals surface area contributed by atoms with Crippen LogP contribution in [-0.4, -0.2) is 49.1 Å². The van der Waals surface area contributed by atoms with Crippen LogP contribution in [0.2, 0.25) is 0 Å². The van der Waals surface area contributed by atoms with Gasteiger partial charge in [0.05, 0.1) is 41.1 Å². The van der Waals surface area contributed by atoms with Crippen molar-refractivity contribution >= 4 is 51.5 Å². The first-order valence-corrected chi connectivity index (χ1v) is 15.2. The second-order valence-electron chi connectivity index (χ2n) is 8.41. The number of ether oxygens (including phenoxy) is 2. The number of hydrogen-bond donors (Lipinski definition) is 2. The highest BCUT2D eigenvalue weighted by Gasteiger charge is 2.22. The first-order valence-electron chi connectivity index (χ1n) is 11.1. The van der Waals surface area contributed by atoms with E-state index in [2.05, 4.69) is 49.2 Å². The molecule has 0 saturated carbocycles. The van der Waals surface area contributed by atoms with Gasteiger partial charge in [0.25, 0.3) is 0 Å². The van der Waals surface area contributed by atoms with Gasteiger partial charge in [-0.25, -0.2) is 9.25 Å². The average molecular weight is 600 g/mol. The van der Waals surface area contributed by atoms with Crippen LogP contribution in [0.5, 0.6) is 5.88 Å². The Balaban J connectivity index is 0.00000199. The Morgan fingerprint density at radius 3 is 2.65 bits per heavy atom. The van der Waals surface area contributed by atoms with Gasteiger partial charge in [-0.15, -0.1) is 5.10 Å². The summed E-state index contributed by atoms with van der Waals surface area (Å²) in [5.74, 6) is 0.426. The number of hydrogen-bond acceptors (Lipinski definition) is 6. The van der Waals surface area contributed by atoms with Crippen molar-refractivity contribution < 1.29 is 14.3 Å². The Kier molecular flexibility index (Phi) is 9.87. The highest BCUT2D eigenvalue weighted by molar-refractivity contribution is 14.2. The number of aromatic amines is 1. The van der Waals surface area contributed by atoms with E-state index in [9.17, 15) is 4.79 Å². The molecule has 34 heavy (non-hydrogen) atoms. The van der Waals surface area contributed by atoms with E-state index in [1.54, 1.807) is 6.08 Å². The molecule has 9 nitrogen and oxygen atoms in total. The zero-order valence-electron chi connectivity index (χ0n) is 21.0. The molecule has 2 N–H and O–H groups in total. The van der Waals surface area contributed by atoms with Crippen molar-refractivity contribution in [3.05, 3.63) is 29.7 Å². The molecule has 3 aromatic rings. The van der Waals surface area contributed by atoms with Crippen molar-refractivity contribution in [2.45, 2.75) is 67.1 Å². The summed E-state index contributed by atoms with van der Waals surface area (Å²) >= 11 is 2.30. The number of pyridine rings is 1. The number of H-pyrrole nitrogens is 1. The summed E-state index contributed by atoms with van der Waals surface area (Å²) in [7, 11) is 0. The standard InChI is InChI=1S/C21H28IN6O3P.C2H6/c1-8-15-14-9-16(24-13(4)18(14)28(27-15)32-22)17-12(3)25-26-19(17)30-11(2)10-23-20(29)31-21(5,6)7;1-2/h8-9,11,32H,1,10H2,2-7H3,(H,23,29)(H,25,26);1-2H3. The van der Waals surface area contributed by atoms with Crippen LogP contribution in [0.3, 0.4) is 0 Å². The molecular weight excluding hydrogens is 566 g/mol. The van der Waals surface area contributed by atoms with E-state index in [1.807, 2.05) is 65.9 Å². The quantitative estimate of drug-likeness (QED) is 0.248. The van der Waals surface area contributed by atoms with Crippen molar-refractivity contribution in [2.24, 2.45) is 0 Å². The Morgan fingerprint density at radius 2 is 2.06 bits per heavy atom. The average Bonchev–Trinajstić information content (AvgIpc) is 3.32. The number of alkyl carbamates (subject to hydrolysis) is 1. The molecule has 0 radical (unpaired) electrons. The van der Waals surface area contributed by atoms with Crippen LogP contribution < -0.4 is 10.1 Å². The summed E-state index contributed by atoms with van der Waals surface area (Å²) in [4.78, 5) is 16.7. The summed E-state index contributed by atoms with van der Waals surface area (Å²) in [6.07, 6.45) is 1.39. The summed E-state index contributed by atoms with van der Waals surface area (Å²) in [6, 6.07) is 1.99. The van der Waals surface area contributed by atoms with Crippen LogP contribution in [0.4, 0.5) is 4.79 Å². The molecule has 0 aliphatic heterocycles.